The molecule has 5 heteroatoms. The fourth-order valence-electron chi connectivity index (χ4n) is 5.19. The van der Waals surface area contributed by atoms with Crippen molar-refractivity contribution in [1.29, 1.82) is 0 Å². The van der Waals surface area contributed by atoms with E-state index in [4.69, 9.17) is 9.47 Å². The van der Waals surface area contributed by atoms with Crippen molar-refractivity contribution in [2.45, 2.75) is 19.1 Å². The zero-order chi connectivity index (χ0) is 24.1. The molecule has 2 atom stereocenters. The zero-order valence-corrected chi connectivity index (χ0v) is 19.4. The first-order chi connectivity index (χ1) is 17.1. The molecule has 6 rings (SSSR count). The minimum absolute atomic E-state index is 0.231. The van der Waals surface area contributed by atoms with Crippen LogP contribution in [0.3, 0.4) is 0 Å². The van der Waals surface area contributed by atoms with Gasteiger partial charge in [-0.2, -0.15) is 0 Å². The summed E-state index contributed by atoms with van der Waals surface area (Å²) in [4.78, 5) is 27.1. The van der Waals surface area contributed by atoms with Crippen molar-refractivity contribution in [2.75, 3.05) is 12.0 Å². The van der Waals surface area contributed by atoms with E-state index in [1.807, 2.05) is 54.6 Å². The minimum atomic E-state index is -0.872. The lowest BCUT2D eigenvalue weighted by molar-refractivity contribution is -0.160. The summed E-state index contributed by atoms with van der Waals surface area (Å²) in [6.45, 7) is 1.33. The summed E-state index contributed by atoms with van der Waals surface area (Å²) in [5.74, 6) is 0.0132. The molecule has 0 spiro atoms. The number of esters is 1. The standard InChI is InChI=1S/C30H23NO4/c1-18(32)35-29-28(20-11-14-21(34-2)15-12-20)31(30(29)33)27-17-26-22-8-4-3-7-19(22)13-16-24(26)23-9-5-6-10-25(23)27/h3-17,28-29H,1-2H3/t28-,29-/m1/s1. The second-order valence-electron chi connectivity index (χ2n) is 8.78. The smallest absolute Gasteiger partial charge is 0.303 e. The Morgan fingerprint density at radius 3 is 2.14 bits per heavy atom. The van der Waals surface area contributed by atoms with E-state index in [1.54, 1.807) is 12.0 Å². The number of anilines is 1. The highest BCUT2D eigenvalue weighted by molar-refractivity contribution is 6.23. The van der Waals surface area contributed by atoms with Crippen LogP contribution in [0.15, 0.2) is 91.0 Å². The molecule has 0 unspecified atom stereocenters. The maximum absolute atomic E-state index is 13.5. The van der Waals surface area contributed by atoms with Crippen molar-refractivity contribution >= 4 is 49.9 Å². The number of benzene rings is 5. The second kappa shape index (κ2) is 8.13. The van der Waals surface area contributed by atoms with Gasteiger partial charge in [0.2, 0.25) is 6.10 Å². The quantitative estimate of drug-likeness (QED) is 0.182. The molecule has 1 saturated heterocycles. The third-order valence-electron chi connectivity index (χ3n) is 6.80. The highest BCUT2D eigenvalue weighted by Gasteiger charge is 2.52. The molecule has 0 N–H and O–H groups in total. The van der Waals surface area contributed by atoms with Gasteiger partial charge in [-0.15, -0.1) is 0 Å². The monoisotopic (exact) mass is 461 g/mol. The molecule has 35 heavy (non-hydrogen) atoms. The number of fused-ring (bicyclic) bond motifs is 5. The molecule has 1 amide bonds. The van der Waals surface area contributed by atoms with Gasteiger partial charge in [-0.3, -0.25) is 14.5 Å². The highest BCUT2D eigenvalue weighted by atomic mass is 16.6. The number of ether oxygens (including phenoxy) is 2. The molecule has 5 aromatic carbocycles. The number of β-lactam (4-membered cyclic amide) rings is 1. The topological polar surface area (TPSA) is 55.8 Å². The molecule has 0 saturated carbocycles. The summed E-state index contributed by atoms with van der Waals surface area (Å²) in [7, 11) is 1.61. The molecule has 1 fully saturated rings. The van der Waals surface area contributed by atoms with Crippen LogP contribution in [0.5, 0.6) is 5.75 Å². The largest absolute Gasteiger partial charge is 0.497 e. The number of nitrogens with zero attached hydrogens (tertiary/aromatic N) is 1. The molecular formula is C30H23NO4. The normalized spacial score (nSPS) is 17.5. The summed E-state index contributed by atoms with van der Waals surface area (Å²) in [5, 5.41) is 6.53. The van der Waals surface area contributed by atoms with Gasteiger partial charge in [-0.25, -0.2) is 0 Å². The van der Waals surface area contributed by atoms with Gasteiger partial charge >= 0.3 is 5.97 Å². The number of amides is 1. The van der Waals surface area contributed by atoms with Crippen LogP contribution in [-0.4, -0.2) is 25.1 Å². The van der Waals surface area contributed by atoms with Crippen LogP contribution in [0.2, 0.25) is 0 Å². The number of carbonyl (C=O) groups excluding carboxylic acids is 2. The Kier molecular flexibility index (Phi) is 4.92. The van der Waals surface area contributed by atoms with E-state index in [0.717, 1.165) is 49.3 Å². The average molecular weight is 462 g/mol. The molecule has 5 aromatic rings. The number of rotatable bonds is 4. The van der Waals surface area contributed by atoms with Crippen molar-refractivity contribution < 1.29 is 19.1 Å². The summed E-state index contributed by atoms with van der Waals surface area (Å²) >= 11 is 0. The molecular weight excluding hydrogens is 438 g/mol. The third-order valence-corrected chi connectivity index (χ3v) is 6.80. The lowest BCUT2D eigenvalue weighted by atomic mass is 9.87. The van der Waals surface area contributed by atoms with Crippen molar-refractivity contribution in [3.63, 3.8) is 0 Å². The molecule has 1 heterocycles. The van der Waals surface area contributed by atoms with Gasteiger partial charge in [-0.05, 0) is 50.7 Å². The third kappa shape index (κ3) is 3.31. The summed E-state index contributed by atoms with van der Waals surface area (Å²) in [5.41, 5.74) is 1.68. The second-order valence-corrected chi connectivity index (χ2v) is 8.78. The molecule has 5 nitrogen and oxygen atoms in total. The van der Waals surface area contributed by atoms with Crippen LogP contribution >= 0.6 is 0 Å². The lowest BCUT2D eigenvalue weighted by Gasteiger charge is -2.46. The summed E-state index contributed by atoms with van der Waals surface area (Å²) < 4.78 is 10.8. The molecule has 1 aliphatic heterocycles. The molecule has 0 radical (unpaired) electrons. The molecule has 0 aromatic heterocycles. The van der Waals surface area contributed by atoms with Gasteiger partial charge in [-0.1, -0.05) is 72.8 Å². The Balaban J connectivity index is 1.59. The first-order valence-electron chi connectivity index (χ1n) is 11.5. The fraction of sp³-hybridized carbons (Fsp3) is 0.133. The van der Waals surface area contributed by atoms with Gasteiger partial charge in [0, 0.05) is 12.3 Å². The van der Waals surface area contributed by atoms with E-state index >= 15 is 0 Å². The number of hydrogen-bond donors (Lipinski definition) is 0. The Morgan fingerprint density at radius 1 is 0.771 bits per heavy atom. The van der Waals surface area contributed by atoms with E-state index in [9.17, 15) is 9.59 Å². The number of hydrogen-bond acceptors (Lipinski definition) is 4. The lowest BCUT2D eigenvalue weighted by Crippen LogP contribution is -2.60. The predicted octanol–water partition coefficient (Wildman–Crippen LogP) is 6.17. The van der Waals surface area contributed by atoms with Gasteiger partial charge in [0.25, 0.3) is 5.91 Å². The SMILES string of the molecule is COc1ccc([C@@H]2[C@@H](OC(C)=O)C(=O)N2c2cc3c4ccccc4ccc3c3ccccc23)cc1. The Hall–Kier alpha value is -4.38. The first kappa shape index (κ1) is 21.2. The van der Waals surface area contributed by atoms with E-state index in [2.05, 4.69) is 36.4 Å². The van der Waals surface area contributed by atoms with Gasteiger partial charge in [0.05, 0.1) is 12.8 Å². The number of methoxy groups -OCH3 is 1. The Labute approximate surface area is 202 Å². The van der Waals surface area contributed by atoms with E-state index in [-0.39, 0.29) is 5.91 Å². The van der Waals surface area contributed by atoms with Gasteiger partial charge < -0.3 is 9.47 Å². The predicted molar refractivity (Wildman–Crippen MR) is 138 cm³/mol. The van der Waals surface area contributed by atoms with E-state index in [1.165, 1.54) is 6.92 Å². The fourth-order valence-corrected chi connectivity index (χ4v) is 5.19. The van der Waals surface area contributed by atoms with Crippen LogP contribution in [0.4, 0.5) is 5.69 Å². The maximum atomic E-state index is 13.5. The van der Waals surface area contributed by atoms with Crippen molar-refractivity contribution in [3.05, 3.63) is 96.6 Å². The van der Waals surface area contributed by atoms with Crippen LogP contribution in [0, 0.1) is 0 Å². The molecule has 1 aliphatic rings. The van der Waals surface area contributed by atoms with Crippen LogP contribution < -0.4 is 9.64 Å². The molecule has 0 bridgehead atoms. The highest BCUT2D eigenvalue weighted by Crippen LogP contribution is 2.46. The first-order valence-corrected chi connectivity index (χ1v) is 11.5. The Morgan fingerprint density at radius 2 is 1.43 bits per heavy atom. The van der Waals surface area contributed by atoms with Gasteiger partial charge in [0.1, 0.15) is 11.8 Å². The van der Waals surface area contributed by atoms with Crippen molar-refractivity contribution in [1.82, 2.24) is 0 Å². The molecule has 0 aliphatic carbocycles. The number of carbonyl (C=O) groups is 2. The zero-order valence-electron chi connectivity index (χ0n) is 19.4. The van der Waals surface area contributed by atoms with Crippen LogP contribution in [0.25, 0.3) is 32.3 Å². The van der Waals surface area contributed by atoms with Crippen LogP contribution in [-0.2, 0) is 14.3 Å². The van der Waals surface area contributed by atoms with Crippen LogP contribution in [0.1, 0.15) is 18.5 Å². The Bertz CT molecular complexity index is 1620. The summed E-state index contributed by atoms with van der Waals surface area (Å²) in [6.07, 6.45) is -0.872. The minimum Gasteiger partial charge on any atom is -0.497 e. The van der Waals surface area contributed by atoms with Crippen molar-refractivity contribution in [2.24, 2.45) is 0 Å². The maximum Gasteiger partial charge on any atom is 0.303 e. The van der Waals surface area contributed by atoms with Crippen molar-refractivity contribution in [3.8, 4) is 5.75 Å². The van der Waals surface area contributed by atoms with Gasteiger partial charge in [0.15, 0.2) is 0 Å². The van der Waals surface area contributed by atoms with E-state index in [0.29, 0.717) is 0 Å². The summed E-state index contributed by atoms with van der Waals surface area (Å²) in [6, 6.07) is 29.9. The average Bonchev–Trinajstić information content (AvgIpc) is 2.90. The molecule has 172 valence electrons. The van der Waals surface area contributed by atoms with E-state index < -0.39 is 18.1 Å².